The smallest absolute Gasteiger partial charge is 0.413 e. The molecule has 0 atom stereocenters. The SMILES string of the molecule is CC(C)(C)OC(=O)Nc1nccc(Oc2ccc([N+](=O)[O-])cc2F)c1C(F)F. The second-order valence-corrected chi connectivity index (χ2v) is 6.47. The van der Waals surface area contributed by atoms with E-state index in [4.69, 9.17) is 9.47 Å². The molecule has 0 saturated heterocycles. The predicted octanol–water partition coefficient (Wildman–Crippen LogP) is 5.21. The molecular weight excluding hydrogens is 383 g/mol. The highest BCUT2D eigenvalue weighted by Crippen LogP contribution is 2.37. The van der Waals surface area contributed by atoms with E-state index in [1.807, 2.05) is 0 Å². The zero-order valence-electron chi connectivity index (χ0n) is 15.0. The highest BCUT2D eigenvalue weighted by Gasteiger charge is 2.25. The Morgan fingerprint density at radius 2 is 1.93 bits per heavy atom. The molecule has 0 unspecified atom stereocenters. The van der Waals surface area contributed by atoms with Crippen molar-refractivity contribution >= 4 is 17.6 Å². The van der Waals surface area contributed by atoms with Crippen molar-refractivity contribution in [2.24, 2.45) is 0 Å². The van der Waals surface area contributed by atoms with Crippen LogP contribution >= 0.6 is 0 Å². The molecule has 2 aromatic rings. The zero-order chi connectivity index (χ0) is 21.1. The lowest BCUT2D eigenvalue weighted by Gasteiger charge is -2.20. The number of ether oxygens (including phenoxy) is 2. The minimum atomic E-state index is -3.13. The Hall–Kier alpha value is -3.37. The fourth-order valence-electron chi connectivity index (χ4n) is 2.06. The van der Waals surface area contributed by atoms with Crippen LogP contribution in [0.25, 0.3) is 0 Å². The first kappa shape index (κ1) is 20.9. The molecule has 2 rings (SSSR count). The Balaban J connectivity index is 2.35. The molecule has 28 heavy (non-hydrogen) atoms. The Labute approximate surface area is 157 Å². The summed E-state index contributed by atoms with van der Waals surface area (Å²) in [6, 6.07) is 3.53. The molecule has 1 amide bonds. The summed E-state index contributed by atoms with van der Waals surface area (Å²) < 4.78 is 51.3. The summed E-state index contributed by atoms with van der Waals surface area (Å²) in [6.07, 6.45) is -3.08. The van der Waals surface area contributed by atoms with Gasteiger partial charge in [-0.3, -0.25) is 15.4 Å². The molecule has 0 aliphatic carbocycles. The van der Waals surface area contributed by atoms with E-state index in [0.717, 1.165) is 24.4 Å². The number of rotatable bonds is 5. The van der Waals surface area contributed by atoms with Crippen molar-refractivity contribution in [3.63, 3.8) is 0 Å². The van der Waals surface area contributed by atoms with Crippen LogP contribution in [0.15, 0.2) is 30.5 Å². The number of alkyl halides is 2. The minimum Gasteiger partial charge on any atom is -0.454 e. The van der Waals surface area contributed by atoms with Crippen LogP contribution < -0.4 is 10.1 Å². The van der Waals surface area contributed by atoms with Crippen molar-refractivity contribution in [2.45, 2.75) is 32.8 Å². The Kier molecular flexibility index (Phi) is 6.06. The first-order chi connectivity index (χ1) is 13.0. The number of carbonyl (C=O) groups excluding carboxylic acids is 1. The highest BCUT2D eigenvalue weighted by atomic mass is 19.3. The molecule has 0 aliphatic heterocycles. The number of benzene rings is 1. The lowest BCUT2D eigenvalue weighted by Crippen LogP contribution is -2.28. The van der Waals surface area contributed by atoms with Gasteiger partial charge in [-0.05, 0) is 32.9 Å². The fraction of sp³-hybridized carbons (Fsp3) is 0.294. The first-order valence-electron chi connectivity index (χ1n) is 7.87. The van der Waals surface area contributed by atoms with Gasteiger partial charge in [0.25, 0.3) is 12.1 Å². The lowest BCUT2D eigenvalue weighted by atomic mass is 10.2. The van der Waals surface area contributed by atoms with E-state index in [1.165, 1.54) is 0 Å². The van der Waals surface area contributed by atoms with Crippen LogP contribution in [0.4, 0.5) is 29.5 Å². The third-order valence-electron chi connectivity index (χ3n) is 3.13. The second-order valence-electron chi connectivity index (χ2n) is 6.47. The third-order valence-corrected chi connectivity index (χ3v) is 3.13. The minimum absolute atomic E-state index is 0.483. The summed E-state index contributed by atoms with van der Waals surface area (Å²) in [4.78, 5) is 25.4. The number of halogens is 3. The van der Waals surface area contributed by atoms with Crippen LogP contribution in [-0.2, 0) is 4.74 Å². The number of nitro groups is 1. The van der Waals surface area contributed by atoms with Crippen LogP contribution in [0.3, 0.4) is 0 Å². The molecule has 1 heterocycles. The summed E-state index contributed by atoms with van der Waals surface area (Å²) in [5, 5.41) is 12.7. The van der Waals surface area contributed by atoms with E-state index in [2.05, 4.69) is 10.3 Å². The van der Waals surface area contributed by atoms with E-state index in [0.29, 0.717) is 6.07 Å². The number of hydrogen-bond donors (Lipinski definition) is 1. The monoisotopic (exact) mass is 399 g/mol. The van der Waals surface area contributed by atoms with Crippen LogP contribution in [-0.4, -0.2) is 21.6 Å². The second kappa shape index (κ2) is 8.11. The summed E-state index contributed by atoms with van der Waals surface area (Å²) in [5.41, 5.74) is -2.20. The van der Waals surface area contributed by atoms with Crippen LogP contribution in [0, 0.1) is 15.9 Å². The standard InChI is InChI=1S/C17H16F3N3O5/c1-17(2,3)28-16(24)22-15-13(14(19)20)12(6-7-21-15)27-11-5-4-9(23(25)26)8-10(11)18/h4-8,14H,1-3H3,(H,21,22,24). The summed E-state index contributed by atoms with van der Waals surface area (Å²) in [7, 11) is 0. The maximum atomic E-state index is 14.0. The average molecular weight is 399 g/mol. The van der Waals surface area contributed by atoms with Crippen molar-refractivity contribution in [2.75, 3.05) is 5.32 Å². The lowest BCUT2D eigenvalue weighted by molar-refractivity contribution is -0.385. The van der Waals surface area contributed by atoms with E-state index in [1.54, 1.807) is 20.8 Å². The van der Waals surface area contributed by atoms with E-state index in [9.17, 15) is 28.1 Å². The van der Waals surface area contributed by atoms with E-state index in [-0.39, 0.29) is 0 Å². The van der Waals surface area contributed by atoms with Gasteiger partial charge in [0.05, 0.1) is 11.0 Å². The molecule has 1 N–H and O–H groups in total. The van der Waals surface area contributed by atoms with Gasteiger partial charge in [0.1, 0.15) is 22.7 Å². The quantitative estimate of drug-likeness (QED) is 0.547. The van der Waals surface area contributed by atoms with Crippen molar-refractivity contribution in [1.82, 2.24) is 4.98 Å². The number of aromatic nitrogens is 1. The largest absolute Gasteiger partial charge is 0.454 e. The molecule has 1 aromatic carbocycles. The van der Waals surface area contributed by atoms with Gasteiger partial charge in [0.15, 0.2) is 11.6 Å². The zero-order valence-corrected chi connectivity index (χ0v) is 15.0. The number of carbonyl (C=O) groups is 1. The predicted molar refractivity (Wildman–Crippen MR) is 92.2 cm³/mol. The van der Waals surface area contributed by atoms with Crippen LogP contribution in [0.2, 0.25) is 0 Å². The van der Waals surface area contributed by atoms with E-state index >= 15 is 0 Å². The first-order valence-corrected chi connectivity index (χ1v) is 7.87. The van der Waals surface area contributed by atoms with Crippen LogP contribution in [0.1, 0.15) is 32.8 Å². The number of amides is 1. The van der Waals surface area contributed by atoms with E-state index < -0.39 is 57.4 Å². The van der Waals surface area contributed by atoms with Crippen molar-refractivity contribution < 1.29 is 32.4 Å². The molecule has 150 valence electrons. The molecule has 0 spiro atoms. The van der Waals surface area contributed by atoms with Crippen molar-refractivity contribution in [3.05, 3.63) is 52.0 Å². The number of non-ortho nitro benzene ring substituents is 1. The van der Waals surface area contributed by atoms with Gasteiger partial charge in [-0.2, -0.15) is 0 Å². The normalized spacial score (nSPS) is 11.2. The summed E-state index contributed by atoms with van der Waals surface area (Å²) in [5.74, 6) is -2.64. The molecule has 8 nitrogen and oxygen atoms in total. The van der Waals surface area contributed by atoms with Gasteiger partial charge < -0.3 is 9.47 Å². The van der Waals surface area contributed by atoms with Gasteiger partial charge in [-0.1, -0.05) is 0 Å². The van der Waals surface area contributed by atoms with Crippen LogP contribution in [0.5, 0.6) is 11.5 Å². The number of pyridine rings is 1. The number of nitro benzene ring substituents is 1. The Morgan fingerprint density at radius 1 is 1.25 bits per heavy atom. The number of nitrogens with one attached hydrogen (secondary N) is 1. The summed E-state index contributed by atoms with van der Waals surface area (Å²) >= 11 is 0. The Bertz CT molecular complexity index is 900. The third kappa shape index (κ3) is 5.32. The van der Waals surface area contributed by atoms with Gasteiger partial charge in [-0.15, -0.1) is 0 Å². The highest BCUT2D eigenvalue weighted by molar-refractivity contribution is 5.85. The fourth-order valence-corrected chi connectivity index (χ4v) is 2.06. The summed E-state index contributed by atoms with van der Waals surface area (Å²) in [6.45, 7) is 4.76. The number of anilines is 1. The number of hydrogen-bond acceptors (Lipinski definition) is 6. The van der Waals surface area contributed by atoms with Gasteiger partial charge in [0, 0.05) is 12.3 Å². The average Bonchev–Trinajstić information content (AvgIpc) is 2.54. The molecule has 0 radical (unpaired) electrons. The molecular formula is C17H16F3N3O5. The molecule has 1 aromatic heterocycles. The van der Waals surface area contributed by atoms with Gasteiger partial charge >= 0.3 is 6.09 Å². The topological polar surface area (TPSA) is 104 Å². The van der Waals surface area contributed by atoms with Crippen molar-refractivity contribution in [3.8, 4) is 11.5 Å². The molecule has 0 bridgehead atoms. The molecule has 0 saturated carbocycles. The van der Waals surface area contributed by atoms with Crippen molar-refractivity contribution in [1.29, 1.82) is 0 Å². The maximum absolute atomic E-state index is 14.0. The Morgan fingerprint density at radius 3 is 2.46 bits per heavy atom. The molecule has 0 fully saturated rings. The van der Waals surface area contributed by atoms with Gasteiger partial charge in [0.2, 0.25) is 0 Å². The maximum Gasteiger partial charge on any atom is 0.413 e. The van der Waals surface area contributed by atoms with Gasteiger partial charge in [-0.25, -0.2) is 22.9 Å². The molecule has 0 aliphatic rings. The number of nitrogens with zero attached hydrogens (tertiary/aromatic N) is 2. The molecule has 11 heteroatoms.